The minimum Gasteiger partial charge on any atom is -0.386 e. The Bertz CT molecular complexity index is 576. The van der Waals surface area contributed by atoms with Gasteiger partial charge in [-0.2, -0.15) is 11.3 Å². The predicted molar refractivity (Wildman–Crippen MR) is 84.6 cm³/mol. The minimum absolute atomic E-state index is 0.145. The van der Waals surface area contributed by atoms with E-state index in [0.717, 1.165) is 11.1 Å². The second-order valence-electron chi connectivity index (χ2n) is 5.20. The lowest BCUT2D eigenvalue weighted by atomic mass is 10.1. The molecule has 1 heterocycles. The number of aliphatic hydroxyl groups is 1. The third kappa shape index (κ3) is 4.39. The van der Waals surface area contributed by atoms with E-state index < -0.39 is 5.60 Å². The smallest absolute Gasteiger partial charge is 0.251 e. The van der Waals surface area contributed by atoms with Crippen LogP contribution in [-0.2, 0) is 4.74 Å². The van der Waals surface area contributed by atoms with Gasteiger partial charge in [0.2, 0.25) is 0 Å². The van der Waals surface area contributed by atoms with Crippen LogP contribution in [0.1, 0.15) is 17.3 Å². The summed E-state index contributed by atoms with van der Waals surface area (Å²) in [5, 5.41) is 16.7. The molecule has 1 atom stereocenters. The first-order valence-electron chi connectivity index (χ1n) is 6.64. The standard InChI is InChI=1S/C16H19NO3S/c1-16(19,11-20-2)10-17-15(18)13-5-3-12(4-6-13)14-7-8-21-9-14/h3-9,19H,10-11H2,1-2H3,(H,17,18)/t16-/m0/s1. The zero-order chi connectivity index (χ0) is 15.3. The van der Waals surface area contributed by atoms with E-state index in [2.05, 4.69) is 10.7 Å². The van der Waals surface area contributed by atoms with Gasteiger partial charge in [0.25, 0.3) is 5.91 Å². The van der Waals surface area contributed by atoms with Gasteiger partial charge in [-0.25, -0.2) is 0 Å². The molecule has 2 N–H and O–H groups in total. The molecule has 0 aliphatic rings. The summed E-state index contributed by atoms with van der Waals surface area (Å²) in [6, 6.07) is 9.46. The minimum atomic E-state index is -1.07. The first-order valence-corrected chi connectivity index (χ1v) is 7.58. The summed E-state index contributed by atoms with van der Waals surface area (Å²) >= 11 is 1.64. The molecule has 0 radical (unpaired) electrons. The summed E-state index contributed by atoms with van der Waals surface area (Å²) in [5.41, 5.74) is 1.73. The Morgan fingerprint density at radius 3 is 2.57 bits per heavy atom. The lowest BCUT2D eigenvalue weighted by Gasteiger charge is -2.22. The van der Waals surface area contributed by atoms with E-state index in [9.17, 15) is 9.90 Å². The van der Waals surface area contributed by atoms with Crippen molar-refractivity contribution in [3.05, 3.63) is 46.7 Å². The summed E-state index contributed by atoms with van der Waals surface area (Å²) in [7, 11) is 1.51. The van der Waals surface area contributed by atoms with Gasteiger partial charge in [0.05, 0.1) is 6.61 Å². The maximum absolute atomic E-state index is 12.0. The third-order valence-electron chi connectivity index (χ3n) is 3.09. The van der Waals surface area contributed by atoms with Crippen molar-refractivity contribution in [1.82, 2.24) is 5.32 Å². The molecule has 0 unspecified atom stereocenters. The molecule has 0 saturated carbocycles. The van der Waals surface area contributed by atoms with Crippen molar-refractivity contribution in [3.8, 4) is 11.1 Å². The number of amides is 1. The van der Waals surface area contributed by atoms with Crippen LogP contribution in [0.2, 0.25) is 0 Å². The van der Waals surface area contributed by atoms with Gasteiger partial charge in [0, 0.05) is 19.2 Å². The van der Waals surface area contributed by atoms with Gasteiger partial charge < -0.3 is 15.2 Å². The Hall–Kier alpha value is -1.69. The van der Waals surface area contributed by atoms with E-state index in [1.165, 1.54) is 7.11 Å². The molecule has 0 bridgehead atoms. The van der Waals surface area contributed by atoms with E-state index in [1.807, 2.05) is 23.6 Å². The number of rotatable bonds is 6. The molecule has 0 spiro atoms. The average molecular weight is 305 g/mol. The largest absolute Gasteiger partial charge is 0.386 e. The van der Waals surface area contributed by atoms with Crippen LogP contribution in [0, 0.1) is 0 Å². The molecule has 2 aromatic rings. The third-order valence-corrected chi connectivity index (χ3v) is 3.77. The monoisotopic (exact) mass is 305 g/mol. The molecular formula is C16H19NO3S. The van der Waals surface area contributed by atoms with Gasteiger partial charge in [0.15, 0.2) is 0 Å². The zero-order valence-corrected chi connectivity index (χ0v) is 12.9. The maximum atomic E-state index is 12.0. The number of methoxy groups -OCH3 is 1. The van der Waals surface area contributed by atoms with Gasteiger partial charge in [-0.05, 0) is 47.0 Å². The molecule has 0 aliphatic heterocycles. The number of thiophene rings is 1. The first kappa shape index (κ1) is 15.7. The predicted octanol–water partition coefficient (Wildman–Crippen LogP) is 2.54. The van der Waals surface area contributed by atoms with E-state index in [0.29, 0.717) is 5.56 Å². The molecule has 4 nitrogen and oxygen atoms in total. The summed E-state index contributed by atoms with van der Waals surface area (Å²) in [6.07, 6.45) is 0. The number of benzene rings is 1. The van der Waals surface area contributed by atoms with Crippen molar-refractivity contribution >= 4 is 17.2 Å². The van der Waals surface area contributed by atoms with Crippen LogP contribution in [0.5, 0.6) is 0 Å². The van der Waals surface area contributed by atoms with Crippen LogP contribution < -0.4 is 5.32 Å². The Labute approximate surface area is 128 Å². The summed E-state index contributed by atoms with van der Waals surface area (Å²) in [5.74, 6) is -0.205. The van der Waals surface area contributed by atoms with Crippen LogP contribution in [0.3, 0.4) is 0 Å². The number of carbonyl (C=O) groups excluding carboxylic acids is 1. The van der Waals surface area contributed by atoms with Gasteiger partial charge in [0.1, 0.15) is 5.60 Å². The molecule has 1 aromatic carbocycles. The second kappa shape index (κ2) is 6.85. The normalized spacial score (nSPS) is 13.7. The first-order chi connectivity index (χ1) is 10.0. The second-order valence-corrected chi connectivity index (χ2v) is 5.98. The fraction of sp³-hybridized carbons (Fsp3) is 0.312. The van der Waals surface area contributed by atoms with Crippen molar-refractivity contribution in [2.45, 2.75) is 12.5 Å². The van der Waals surface area contributed by atoms with Crippen LogP contribution in [-0.4, -0.2) is 36.9 Å². The van der Waals surface area contributed by atoms with E-state index in [1.54, 1.807) is 30.4 Å². The van der Waals surface area contributed by atoms with Crippen LogP contribution in [0.15, 0.2) is 41.1 Å². The molecule has 2 rings (SSSR count). The summed E-state index contributed by atoms with van der Waals surface area (Å²) in [6.45, 7) is 1.94. The fourth-order valence-electron chi connectivity index (χ4n) is 1.98. The molecule has 1 aromatic heterocycles. The van der Waals surface area contributed by atoms with E-state index in [-0.39, 0.29) is 19.1 Å². The zero-order valence-electron chi connectivity index (χ0n) is 12.1. The SMILES string of the molecule is COC[C@@](C)(O)CNC(=O)c1ccc(-c2ccsc2)cc1. The highest BCUT2D eigenvalue weighted by molar-refractivity contribution is 7.08. The molecule has 5 heteroatoms. The number of hydrogen-bond donors (Lipinski definition) is 2. The van der Waals surface area contributed by atoms with Crippen molar-refractivity contribution in [2.75, 3.05) is 20.3 Å². The Morgan fingerprint density at radius 2 is 2.00 bits per heavy atom. The summed E-state index contributed by atoms with van der Waals surface area (Å²) in [4.78, 5) is 12.0. The molecule has 0 saturated heterocycles. The summed E-state index contributed by atoms with van der Waals surface area (Å²) < 4.78 is 4.90. The Morgan fingerprint density at radius 1 is 1.29 bits per heavy atom. The molecule has 0 fully saturated rings. The van der Waals surface area contributed by atoms with Gasteiger partial charge in [-0.3, -0.25) is 4.79 Å². The average Bonchev–Trinajstić information content (AvgIpc) is 2.99. The van der Waals surface area contributed by atoms with Crippen molar-refractivity contribution in [1.29, 1.82) is 0 Å². The molecular weight excluding hydrogens is 286 g/mol. The van der Waals surface area contributed by atoms with E-state index in [4.69, 9.17) is 4.74 Å². The number of carbonyl (C=O) groups is 1. The highest BCUT2D eigenvalue weighted by Gasteiger charge is 2.21. The number of hydrogen-bond acceptors (Lipinski definition) is 4. The highest BCUT2D eigenvalue weighted by atomic mass is 32.1. The van der Waals surface area contributed by atoms with Gasteiger partial charge >= 0.3 is 0 Å². The van der Waals surface area contributed by atoms with Crippen LogP contribution in [0.25, 0.3) is 11.1 Å². The van der Waals surface area contributed by atoms with Crippen LogP contribution >= 0.6 is 11.3 Å². The lowest BCUT2D eigenvalue weighted by Crippen LogP contribution is -2.43. The fourth-order valence-corrected chi connectivity index (χ4v) is 2.64. The highest BCUT2D eigenvalue weighted by Crippen LogP contribution is 2.22. The molecule has 1 amide bonds. The van der Waals surface area contributed by atoms with Crippen molar-refractivity contribution in [2.24, 2.45) is 0 Å². The lowest BCUT2D eigenvalue weighted by molar-refractivity contribution is -0.0147. The van der Waals surface area contributed by atoms with Gasteiger partial charge in [-0.15, -0.1) is 0 Å². The molecule has 112 valence electrons. The topological polar surface area (TPSA) is 58.6 Å². The van der Waals surface area contributed by atoms with Gasteiger partial charge in [-0.1, -0.05) is 12.1 Å². The van der Waals surface area contributed by atoms with Crippen LogP contribution in [0.4, 0.5) is 0 Å². The number of ether oxygens (including phenoxy) is 1. The Balaban J connectivity index is 1.97. The van der Waals surface area contributed by atoms with Crippen molar-refractivity contribution < 1.29 is 14.6 Å². The van der Waals surface area contributed by atoms with E-state index >= 15 is 0 Å². The Kier molecular flexibility index (Phi) is 5.12. The molecule has 0 aliphatic carbocycles. The van der Waals surface area contributed by atoms with Crippen molar-refractivity contribution in [3.63, 3.8) is 0 Å². The maximum Gasteiger partial charge on any atom is 0.251 e. The quantitative estimate of drug-likeness (QED) is 0.862. The molecule has 21 heavy (non-hydrogen) atoms. The number of nitrogens with one attached hydrogen (secondary N) is 1.